The molecule has 1 aliphatic rings. The fraction of sp³-hybridized carbons (Fsp3) is 0.244. The molecule has 6 rings (SSSR count). The Hall–Kier alpha value is -6.09. The number of thiophene rings is 1. The number of hydrogen-bond donors (Lipinski definition) is 3. The average Bonchev–Trinajstić information content (AvgIpc) is 3.60. The molecule has 1 aliphatic heterocycles. The van der Waals surface area contributed by atoms with E-state index in [0.29, 0.717) is 62.5 Å². The van der Waals surface area contributed by atoms with Crippen LogP contribution in [0.3, 0.4) is 0 Å². The highest BCUT2D eigenvalue weighted by atomic mass is 32.2. The standard InChI is InChI=1S/C45H46N4O8S2/c1-6-57-45(53)39-34-20-21-49(26-29-14-9-7-10-15-29)27-38(34)59-44(39)48-41(50)28(2)58-33-19-13-18-32(25-33)46-43(52)35(47-42(51)31-16-11-8-12-17-31)22-30-23-36(54-3)40(56-5)37(24-30)55-4/h7-19,22-25,28H,6,20-21,26-27H2,1-5H3,(H,46,52)(H,47,51)(H,48,50)/b35-22+. The van der Waals surface area contributed by atoms with Crippen LogP contribution in [0, 0.1) is 0 Å². The van der Waals surface area contributed by atoms with Crippen LogP contribution in [0.1, 0.15) is 56.1 Å². The lowest BCUT2D eigenvalue weighted by Gasteiger charge is -2.27. The summed E-state index contributed by atoms with van der Waals surface area (Å²) in [7, 11) is 4.47. The van der Waals surface area contributed by atoms with Crippen molar-refractivity contribution in [1.29, 1.82) is 0 Å². The van der Waals surface area contributed by atoms with Gasteiger partial charge in [0.15, 0.2) is 11.5 Å². The van der Waals surface area contributed by atoms with E-state index in [9.17, 15) is 19.2 Å². The van der Waals surface area contributed by atoms with Gasteiger partial charge in [-0.05, 0) is 85.5 Å². The zero-order valence-electron chi connectivity index (χ0n) is 33.5. The summed E-state index contributed by atoms with van der Waals surface area (Å²) in [6, 6.07) is 29.2. The van der Waals surface area contributed by atoms with Gasteiger partial charge in [-0.3, -0.25) is 19.3 Å². The van der Waals surface area contributed by atoms with Crippen LogP contribution < -0.4 is 30.2 Å². The van der Waals surface area contributed by atoms with Crippen LogP contribution in [0.2, 0.25) is 0 Å². The Morgan fingerprint density at radius 3 is 2.22 bits per heavy atom. The number of esters is 1. The number of ether oxygens (including phenoxy) is 4. The number of nitrogens with one attached hydrogen (secondary N) is 3. The molecule has 0 bridgehead atoms. The van der Waals surface area contributed by atoms with Gasteiger partial charge in [0.1, 0.15) is 10.7 Å². The summed E-state index contributed by atoms with van der Waals surface area (Å²) in [5, 5.41) is 8.56. The Labute approximate surface area is 351 Å². The minimum atomic E-state index is -0.591. The molecule has 14 heteroatoms. The number of nitrogens with zero attached hydrogens (tertiary/aromatic N) is 1. The summed E-state index contributed by atoms with van der Waals surface area (Å²) in [6.45, 7) is 5.99. The van der Waals surface area contributed by atoms with Crippen molar-refractivity contribution in [2.45, 2.75) is 43.5 Å². The third-order valence-electron chi connectivity index (χ3n) is 9.40. The first kappa shape index (κ1) is 42.5. The molecule has 12 nitrogen and oxygen atoms in total. The number of methoxy groups -OCH3 is 3. The molecule has 2 heterocycles. The first-order valence-corrected chi connectivity index (χ1v) is 20.6. The number of thioether (sulfide) groups is 1. The van der Waals surface area contributed by atoms with Crippen LogP contribution >= 0.6 is 23.1 Å². The zero-order valence-corrected chi connectivity index (χ0v) is 35.1. The van der Waals surface area contributed by atoms with Crippen LogP contribution in [0.15, 0.2) is 108 Å². The number of fused-ring (bicyclic) bond motifs is 1. The number of carbonyl (C=O) groups excluding carboxylic acids is 4. The molecule has 0 saturated heterocycles. The second kappa shape index (κ2) is 20.1. The lowest BCUT2D eigenvalue weighted by atomic mass is 10.0. The molecule has 1 unspecified atom stereocenters. The molecule has 1 atom stereocenters. The van der Waals surface area contributed by atoms with Gasteiger partial charge >= 0.3 is 5.97 Å². The van der Waals surface area contributed by atoms with Gasteiger partial charge in [0.05, 0.1) is 38.7 Å². The monoisotopic (exact) mass is 834 g/mol. The predicted molar refractivity (Wildman–Crippen MR) is 232 cm³/mol. The van der Waals surface area contributed by atoms with Crippen LogP contribution in [0.5, 0.6) is 17.2 Å². The summed E-state index contributed by atoms with van der Waals surface area (Å²) in [4.78, 5) is 58.2. The van der Waals surface area contributed by atoms with E-state index in [0.717, 1.165) is 23.5 Å². The molecular formula is C45H46N4O8S2. The summed E-state index contributed by atoms with van der Waals surface area (Å²) in [5.41, 5.74) is 3.83. The first-order valence-electron chi connectivity index (χ1n) is 19.0. The van der Waals surface area contributed by atoms with E-state index < -0.39 is 23.0 Å². The van der Waals surface area contributed by atoms with Crippen molar-refractivity contribution < 1.29 is 38.1 Å². The topological polar surface area (TPSA) is 145 Å². The number of rotatable bonds is 16. The van der Waals surface area contributed by atoms with E-state index >= 15 is 0 Å². The maximum Gasteiger partial charge on any atom is 0.341 e. The number of benzene rings is 4. The number of carbonyl (C=O) groups is 4. The van der Waals surface area contributed by atoms with Gasteiger partial charge < -0.3 is 34.9 Å². The third kappa shape index (κ3) is 10.7. The molecule has 3 amide bonds. The summed E-state index contributed by atoms with van der Waals surface area (Å²) < 4.78 is 21.9. The van der Waals surface area contributed by atoms with Gasteiger partial charge in [-0.2, -0.15) is 0 Å². The fourth-order valence-electron chi connectivity index (χ4n) is 6.55. The van der Waals surface area contributed by atoms with Crippen LogP contribution in [-0.4, -0.2) is 68.3 Å². The smallest absolute Gasteiger partial charge is 0.341 e. The van der Waals surface area contributed by atoms with Crippen molar-refractivity contribution in [3.8, 4) is 17.2 Å². The van der Waals surface area contributed by atoms with E-state index in [-0.39, 0.29) is 18.2 Å². The van der Waals surface area contributed by atoms with E-state index in [1.165, 1.54) is 56.1 Å². The minimum Gasteiger partial charge on any atom is -0.493 e. The van der Waals surface area contributed by atoms with Crippen LogP contribution in [0.25, 0.3) is 6.08 Å². The van der Waals surface area contributed by atoms with Gasteiger partial charge in [0.25, 0.3) is 11.8 Å². The second-order valence-corrected chi connectivity index (χ2v) is 16.0. The van der Waals surface area contributed by atoms with Gasteiger partial charge in [0.2, 0.25) is 11.7 Å². The predicted octanol–water partition coefficient (Wildman–Crippen LogP) is 8.04. The van der Waals surface area contributed by atoms with Crippen molar-refractivity contribution in [1.82, 2.24) is 10.2 Å². The SMILES string of the molecule is CCOC(=O)c1c(NC(=O)C(C)Sc2cccc(NC(=O)/C(=C\c3cc(OC)c(OC)c(OC)c3)NC(=O)c3ccccc3)c2)sc2c1CCN(Cc1ccccc1)C2. The summed E-state index contributed by atoms with van der Waals surface area (Å²) in [6.07, 6.45) is 2.18. The Morgan fingerprint density at radius 2 is 1.56 bits per heavy atom. The molecule has 3 N–H and O–H groups in total. The van der Waals surface area contributed by atoms with Crippen molar-refractivity contribution >= 4 is 63.6 Å². The van der Waals surface area contributed by atoms with E-state index in [2.05, 4.69) is 33.0 Å². The van der Waals surface area contributed by atoms with Gasteiger partial charge in [-0.1, -0.05) is 54.6 Å². The maximum absolute atomic E-state index is 13.9. The van der Waals surface area contributed by atoms with Crippen LogP contribution in [-0.2, 0) is 33.8 Å². The molecule has 59 heavy (non-hydrogen) atoms. The molecule has 306 valence electrons. The molecule has 0 saturated carbocycles. The van der Waals surface area contributed by atoms with Crippen molar-refractivity contribution in [3.05, 3.63) is 135 Å². The highest BCUT2D eigenvalue weighted by molar-refractivity contribution is 8.00. The molecular weight excluding hydrogens is 789 g/mol. The maximum atomic E-state index is 13.9. The Balaban J connectivity index is 1.18. The van der Waals surface area contributed by atoms with Gasteiger partial charge in [-0.25, -0.2) is 4.79 Å². The molecule has 0 spiro atoms. The van der Waals surface area contributed by atoms with Gasteiger partial charge in [0, 0.05) is 40.7 Å². The number of anilines is 2. The van der Waals surface area contributed by atoms with Crippen molar-refractivity contribution in [2.24, 2.45) is 0 Å². The molecule has 0 radical (unpaired) electrons. The van der Waals surface area contributed by atoms with E-state index in [1.54, 1.807) is 74.5 Å². The van der Waals surface area contributed by atoms with E-state index in [4.69, 9.17) is 18.9 Å². The number of amides is 3. The van der Waals surface area contributed by atoms with E-state index in [1.807, 2.05) is 24.3 Å². The Kier molecular flexibility index (Phi) is 14.4. The van der Waals surface area contributed by atoms with Crippen molar-refractivity contribution in [3.63, 3.8) is 0 Å². The molecule has 5 aromatic rings. The number of hydrogen-bond acceptors (Lipinski definition) is 11. The molecule has 4 aromatic carbocycles. The first-order chi connectivity index (χ1) is 28.6. The lowest BCUT2D eigenvalue weighted by Crippen LogP contribution is -2.30. The summed E-state index contributed by atoms with van der Waals surface area (Å²) >= 11 is 2.71. The normalized spacial score (nSPS) is 13.1. The third-order valence-corrected chi connectivity index (χ3v) is 11.6. The van der Waals surface area contributed by atoms with Crippen LogP contribution in [0.4, 0.5) is 10.7 Å². The van der Waals surface area contributed by atoms with Gasteiger partial charge in [-0.15, -0.1) is 23.1 Å². The quantitative estimate of drug-likeness (QED) is 0.0508. The molecule has 1 aromatic heterocycles. The lowest BCUT2D eigenvalue weighted by molar-refractivity contribution is -0.115. The average molecular weight is 835 g/mol. The molecule has 0 fully saturated rings. The largest absolute Gasteiger partial charge is 0.493 e. The fourth-order valence-corrected chi connectivity index (χ4v) is 8.76. The summed E-state index contributed by atoms with van der Waals surface area (Å²) in [5.74, 6) is -0.679. The zero-order chi connectivity index (χ0) is 41.9. The highest BCUT2D eigenvalue weighted by Gasteiger charge is 2.30. The molecule has 0 aliphatic carbocycles. The second-order valence-electron chi connectivity index (χ2n) is 13.4. The highest BCUT2D eigenvalue weighted by Crippen LogP contribution is 2.40. The van der Waals surface area contributed by atoms with Crippen molar-refractivity contribution in [2.75, 3.05) is 45.1 Å². The Morgan fingerprint density at radius 1 is 0.864 bits per heavy atom. The Bertz CT molecular complexity index is 2310. The minimum absolute atomic E-state index is 0.0434.